The molecule has 2 amide bonds. The average Bonchev–Trinajstić information content (AvgIpc) is 2.69. The first-order valence-corrected chi connectivity index (χ1v) is 9.87. The van der Waals surface area contributed by atoms with Crippen molar-refractivity contribution < 1.29 is 14.3 Å². The van der Waals surface area contributed by atoms with Crippen LogP contribution in [0.1, 0.15) is 25.8 Å². The van der Waals surface area contributed by atoms with Crippen LogP contribution in [0.15, 0.2) is 48.5 Å². The fourth-order valence-electron chi connectivity index (χ4n) is 2.57. The molecule has 0 aliphatic heterocycles. The second-order valence-corrected chi connectivity index (χ2v) is 7.18. The molecule has 0 bridgehead atoms. The third-order valence-electron chi connectivity index (χ3n) is 4.16. The molecule has 0 unspecified atom stereocenters. The average molecular weight is 423 g/mol. The summed E-state index contributed by atoms with van der Waals surface area (Å²) >= 11 is 12.0. The maximum atomic E-state index is 12.9. The van der Waals surface area contributed by atoms with E-state index in [2.05, 4.69) is 5.32 Å². The summed E-state index contributed by atoms with van der Waals surface area (Å²) in [6.07, 6.45) is 0.823. The van der Waals surface area contributed by atoms with Gasteiger partial charge in [-0.2, -0.15) is 0 Å². The first-order chi connectivity index (χ1) is 13.4. The van der Waals surface area contributed by atoms with Crippen LogP contribution < -0.4 is 10.1 Å². The van der Waals surface area contributed by atoms with Crippen LogP contribution in [0.25, 0.3) is 0 Å². The van der Waals surface area contributed by atoms with E-state index >= 15 is 0 Å². The number of nitrogens with one attached hydrogen (secondary N) is 1. The Bertz CT molecular complexity index is 799. The SMILES string of the molecule is CCCNC(=O)[C@@H](C)N(Cc1ccccc1)C(=O)COc1ccc(Cl)cc1Cl. The Morgan fingerprint density at radius 3 is 2.50 bits per heavy atom. The monoisotopic (exact) mass is 422 g/mol. The van der Waals surface area contributed by atoms with E-state index in [4.69, 9.17) is 27.9 Å². The van der Waals surface area contributed by atoms with Crippen LogP contribution in [0.3, 0.4) is 0 Å². The first kappa shape index (κ1) is 22.1. The summed E-state index contributed by atoms with van der Waals surface area (Å²) in [7, 11) is 0. The summed E-state index contributed by atoms with van der Waals surface area (Å²) < 4.78 is 5.57. The van der Waals surface area contributed by atoms with Gasteiger partial charge >= 0.3 is 0 Å². The minimum Gasteiger partial charge on any atom is -0.482 e. The van der Waals surface area contributed by atoms with Gasteiger partial charge in [0.1, 0.15) is 11.8 Å². The Hall–Kier alpha value is -2.24. The Balaban J connectivity index is 2.12. The van der Waals surface area contributed by atoms with E-state index in [1.54, 1.807) is 25.1 Å². The van der Waals surface area contributed by atoms with Crippen molar-refractivity contribution in [2.75, 3.05) is 13.2 Å². The van der Waals surface area contributed by atoms with Gasteiger partial charge in [0, 0.05) is 18.1 Å². The standard InChI is InChI=1S/C21H24Cl2N2O3/c1-3-11-24-21(27)15(2)25(13-16-7-5-4-6-8-16)20(26)14-28-19-10-9-17(22)12-18(19)23/h4-10,12,15H,3,11,13-14H2,1-2H3,(H,24,27)/t15-/m1/s1. The van der Waals surface area contributed by atoms with Gasteiger partial charge in [0.05, 0.1) is 5.02 Å². The predicted octanol–water partition coefficient (Wildman–Crippen LogP) is 4.32. The van der Waals surface area contributed by atoms with Gasteiger partial charge in [-0.3, -0.25) is 9.59 Å². The van der Waals surface area contributed by atoms with Crippen molar-refractivity contribution in [3.8, 4) is 5.75 Å². The molecule has 150 valence electrons. The van der Waals surface area contributed by atoms with Crippen LogP contribution in [0, 0.1) is 0 Å². The molecule has 2 aromatic rings. The van der Waals surface area contributed by atoms with Crippen LogP contribution >= 0.6 is 23.2 Å². The molecular weight excluding hydrogens is 399 g/mol. The molecule has 0 aliphatic carbocycles. The summed E-state index contributed by atoms with van der Waals surface area (Å²) in [6.45, 7) is 4.31. The van der Waals surface area contributed by atoms with Gasteiger partial charge in [0.15, 0.2) is 6.61 Å². The molecule has 2 rings (SSSR count). The Morgan fingerprint density at radius 2 is 1.86 bits per heavy atom. The molecule has 1 N–H and O–H groups in total. The van der Waals surface area contributed by atoms with Crippen LogP contribution in [-0.4, -0.2) is 35.9 Å². The second kappa shape index (κ2) is 10.9. The molecule has 0 spiro atoms. The van der Waals surface area contributed by atoms with E-state index in [1.165, 1.54) is 4.90 Å². The summed E-state index contributed by atoms with van der Waals surface area (Å²) in [5, 5.41) is 3.64. The van der Waals surface area contributed by atoms with Crippen molar-refractivity contribution in [2.45, 2.75) is 32.9 Å². The maximum absolute atomic E-state index is 12.9. The zero-order valence-electron chi connectivity index (χ0n) is 16.0. The molecule has 0 heterocycles. The number of rotatable bonds is 9. The number of hydrogen-bond acceptors (Lipinski definition) is 3. The highest BCUT2D eigenvalue weighted by molar-refractivity contribution is 6.35. The van der Waals surface area contributed by atoms with E-state index in [-0.39, 0.29) is 18.4 Å². The lowest BCUT2D eigenvalue weighted by molar-refractivity contribution is -0.142. The Labute approximate surface area is 175 Å². The fourth-order valence-corrected chi connectivity index (χ4v) is 3.04. The molecule has 0 saturated carbocycles. The van der Waals surface area contributed by atoms with Gasteiger partial charge in [-0.1, -0.05) is 60.5 Å². The van der Waals surface area contributed by atoms with Crippen LogP contribution in [0.5, 0.6) is 5.75 Å². The Kier molecular flexibility index (Phi) is 8.61. The van der Waals surface area contributed by atoms with Crippen molar-refractivity contribution in [1.29, 1.82) is 0 Å². The molecular formula is C21H24Cl2N2O3. The number of carbonyl (C=O) groups excluding carboxylic acids is 2. The summed E-state index contributed by atoms with van der Waals surface area (Å²) in [6, 6.07) is 13.7. The van der Waals surface area contributed by atoms with E-state index < -0.39 is 6.04 Å². The van der Waals surface area contributed by atoms with E-state index in [0.717, 1.165) is 12.0 Å². The van der Waals surface area contributed by atoms with Crippen LogP contribution in [0.4, 0.5) is 0 Å². The topological polar surface area (TPSA) is 58.6 Å². The van der Waals surface area contributed by atoms with E-state index in [0.29, 0.717) is 28.9 Å². The quantitative estimate of drug-likeness (QED) is 0.654. The van der Waals surface area contributed by atoms with Crippen LogP contribution in [0.2, 0.25) is 10.0 Å². The zero-order valence-corrected chi connectivity index (χ0v) is 17.5. The molecule has 0 aliphatic rings. The number of benzene rings is 2. The molecule has 0 saturated heterocycles. The van der Waals surface area contributed by atoms with E-state index in [9.17, 15) is 9.59 Å². The summed E-state index contributed by atoms with van der Waals surface area (Å²) in [4.78, 5) is 26.8. The largest absolute Gasteiger partial charge is 0.482 e. The number of hydrogen-bond donors (Lipinski definition) is 1. The highest BCUT2D eigenvalue weighted by atomic mass is 35.5. The Morgan fingerprint density at radius 1 is 1.14 bits per heavy atom. The van der Waals surface area contributed by atoms with Gasteiger partial charge in [-0.25, -0.2) is 0 Å². The molecule has 0 aromatic heterocycles. The van der Waals surface area contributed by atoms with Crippen molar-refractivity contribution in [3.05, 3.63) is 64.1 Å². The van der Waals surface area contributed by atoms with Gasteiger partial charge in [-0.05, 0) is 37.1 Å². The number of carbonyl (C=O) groups is 2. The summed E-state index contributed by atoms with van der Waals surface area (Å²) in [5.74, 6) is -0.146. The molecule has 0 radical (unpaired) electrons. The van der Waals surface area contributed by atoms with Crippen molar-refractivity contribution in [3.63, 3.8) is 0 Å². The number of amides is 2. The molecule has 5 nitrogen and oxygen atoms in total. The first-order valence-electron chi connectivity index (χ1n) is 9.11. The van der Waals surface area contributed by atoms with Gasteiger partial charge in [-0.15, -0.1) is 0 Å². The third kappa shape index (κ3) is 6.43. The molecule has 1 atom stereocenters. The lowest BCUT2D eigenvalue weighted by atomic mass is 10.1. The number of halogens is 2. The highest BCUT2D eigenvalue weighted by Crippen LogP contribution is 2.27. The van der Waals surface area contributed by atoms with Crippen molar-refractivity contribution in [1.82, 2.24) is 10.2 Å². The fraction of sp³-hybridized carbons (Fsp3) is 0.333. The lowest BCUT2D eigenvalue weighted by Gasteiger charge is -2.28. The molecule has 2 aromatic carbocycles. The smallest absolute Gasteiger partial charge is 0.261 e. The third-order valence-corrected chi connectivity index (χ3v) is 4.69. The highest BCUT2D eigenvalue weighted by Gasteiger charge is 2.26. The van der Waals surface area contributed by atoms with Crippen LogP contribution in [-0.2, 0) is 16.1 Å². The van der Waals surface area contributed by atoms with Gasteiger partial charge < -0.3 is 15.0 Å². The zero-order chi connectivity index (χ0) is 20.5. The minimum atomic E-state index is -0.636. The van der Waals surface area contributed by atoms with Gasteiger partial charge in [0.2, 0.25) is 5.91 Å². The second-order valence-electron chi connectivity index (χ2n) is 6.34. The molecule has 28 heavy (non-hydrogen) atoms. The van der Waals surface area contributed by atoms with E-state index in [1.807, 2.05) is 37.3 Å². The van der Waals surface area contributed by atoms with Gasteiger partial charge in [0.25, 0.3) is 5.91 Å². The minimum absolute atomic E-state index is 0.198. The van der Waals surface area contributed by atoms with Crippen molar-refractivity contribution >= 4 is 35.0 Å². The maximum Gasteiger partial charge on any atom is 0.261 e. The molecule has 7 heteroatoms. The normalized spacial score (nSPS) is 11.6. The van der Waals surface area contributed by atoms with Crippen molar-refractivity contribution in [2.24, 2.45) is 0 Å². The lowest BCUT2D eigenvalue weighted by Crippen LogP contribution is -2.49. The summed E-state index contributed by atoms with van der Waals surface area (Å²) in [5.41, 5.74) is 0.926. The predicted molar refractivity (Wildman–Crippen MR) is 112 cm³/mol. The number of nitrogens with zero attached hydrogens (tertiary/aromatic N) is 1. The number of ether oxygens (including phenoxy) is 1. The molecule has 0 fully saturated rings.